The van der Waals surface area contributed by atoms with Crippen molar-refractivity contribution in [2.45, 2.75) is 29.8 Å². The van der Waals surface area contributed by atoms with Gasteiger partial charge in [0.25, 0.3) is 5.91 Å². The molecule has 0 atom stereocenters. The average molecular weight is 695 g/mol. The Morgan fingerprint density at radius 3 is 1.67 bits per heavy atom. The van der Waals surface area contributed by atoms with Gasteiger partial charge in [0.15, 0.2) is 24.8 Å². The average Bonchev–Trinajstić information content (AvgIpc) is 3.38. The van der Waals surface area contributed by atoms with Crippen molar-refractivity contribution in [3.05, 3.63) is 83.4 Å². The van der Waals surface area contributed by atoms with E-state index in [4.69, 9.17) is 18.5 Å². The Morgan fingerprint density at radius 2 is 1.24 bits per heavy atom. The Morgan fingerprint density at radius 1 is 0.778 bits per heavy atom. The first-order valence-electron chi connectivity index (χ1n) is 13.4. The van der Waals surface area contributed by atoms with Crippen LogP contribution in [0.15, 0.2) is 81.9 Å². The third kappa shape index (κ3) is 9.70. The summed E-state index contributed by atoms with van der Waals surface area (Å²) in [5.41, 5.74) is 0.561. The minimum atomic E-state index is -3.41. The third-order valence-electron chi connectivity index (χ3n) is 5.90. The van der Waals surface area contributed by atoms with Crippen molar-refractivity contribution in [3.63, 3.8) is 0 Å². The van der Waals surface area contributed by atoms with Gasteiger partial charge in [-0.25, -0.2) is 21.8 Å². The summed E-state index contributed by atoms with van der Waals surface area (Å²) in [6.07, 6.45) is 2.14. The number of rotatable bonds is 14. The van der Waals surface area contributed by atoms with Crippen molar-refractivity contribution in [2.24, 2.45) is 0 Å². The van der Waals surface area contributed by atoms with Crippen LogP contribution < -0.4 is 14.8 Å². The van der Waals surface area contributed by atoms with E-state index in [0.717, 1.165) is 23.8 Å². The van der Waals surface area contributed by atoms with Gasteiger partial charge in [-0.15, -0.1) is 11.3 Å². The summed E-state index contributed by atoms with van der Waals surface area (Å²) >= 11 is 1.13. The highest BCUT2D eigenvalue weighted by Crippen LogP contribution is 2.51. The summed E-state index contributed by atoms with van der Waals surface area (Å²) in [5, 5.41) is 4.61. The molecule has 4 rings (SSSR count). The van der Waals surface area contributed by atoms with Crippen LogP contribution in [0.2, 0.25) is 0 Å². The van der Waals surface area contributed by atoms with Crippen LogP contribution in [0, 0.1) is 0 Å². The number of benzene rings is 3. The summed E-state index contributed by atoms with van der Waals surface area (Å²) < 4.78 is 82.7. The second-order valence-electron chi connectivity index (χ2n) is 9.59. The molecule has 240 valence electrons. The van der Waals surface area contributed by atoms with E-state index in [1.807, 2.05) is 0 Å². The summed E-state index contributed by atoms with van der Waals surface area (Å²) in [5.74, 6) is 0.462. The molecule has 0 aliphatic rings. The van der Waals surface area contributed by atoms with Crippen molar-refractivity contribution < 1.29 is 44.7 Å². The van der Waals surface area contributed by atoms with Crippen molar-refractivity contribution in [2.75, 3.05) is 31.0 Å². The van der Waals surface area contributed by atoms with Crippen LogP contribution in [-0.2, 0) is 39.4 Å². The molecule has 0 spiro atoms. The van der Waals surface area contributed by atoms with E-state index in [1.54, 1.807) is 19.2 Å². The zero-order chi connectivity index (χ0) is 32.8. The van der Waals surface area contributed by atoms with Crippen LogP contribution in [0.25, 0.3) is 0 Å². The smallest absolute Gasteiger partial charge is 0.336 e. The van der Waals surface area contributed by atoms with E-state index in [0.29, 0.717) is 17.2 Å². The predicted molar refractivity (Wildman–Crippen MR) is 170 cm³/mol. The number of amides is 1. The van der Waals surface area contributed by atoms with Crippen LogP contribution in [-0.4, -0.2) is 53.5 Å². The molecule has 0 saturated carbocycles. The molecule has 0 aliphatic carbocycles. The maximum absolute atomic E-state index is 13.3. The SMILES string of the molecule is CCOP(=O)(Cc1csc(NC(=O)c2cc(Oc3ccc(S(C)(=O)=O)cc3)cc(Oc3ccc(S(C)(=O)=O)cc3)c2)n1)OCC. The van der Waals surface area contributed by atoms with Crippen molar-refractivity contribution >= 4 is 49.6 Å². The fourth-order valence-electron chi connectivity index (χ4n) is 3.93. The molecule has 0 saturated heterocycles. The van der Waals surface area contributed by atoms with Gasteiger partial charge >= 0.3 is 7.60 Å². The normalized spacial score (nSPS) is 12.1. The van der Waals surface area contributed by atoms with Crippen molar-refractivity contribution in [1.29, 1.82) is 0 Å². The zero-order valence-electron chi connectivity index (χ0n) is 24.8. The van der Waals surface area contributed by atoms with Gasteiger partial charge in [0.1, 0.15) is 23.0 Å². The molecule has 1 aromatic heterocycles. The zero-order valence-corrected chi connectivity index (χ0v) is 28.1. The number of hydrogen-bond donors (Lipinski definition) is 1. The number of sulfone groups is 2. The predicted octanol–water partition coefficient (Wildman–Crippen LogP) is 6.55. The number of aromatic nitrogens is 1. The lowest BCUT2D eigenvalue weighted by molar-refractivity contribution is 0.102. The number of nitrogens with zero attached hydrogens (tertiary/aromatic N) is 1. The molecule has 45 heavy (non-hydrogen) atoms. The maximum Gasteiger partial charge on any atom is 0.336 e. The molecule has 0 radical (unpaired) electrons. The van der Waals surface area contributed by atoms with E-state index in [2.05, 4.69) is 10.3 Å². The molecule has 3 aromatic carbocycles. The molecule has 4 aromatic rings. The molecule has 16 heteroatoms. The summed E-state index contributed by atoms with van der Waals surface area (Å²) in [6.45, 7) is 3.84. The number of ether oxygens (including phenoxy) is 2. The van der Waals surface area contributed by atoms with E-state index in [1.165, 1.54) is 66.7 Å². The topological polar surface area (TPSA) is 164 Å². The van der Waals surface area contributed by atoms with Gasteiger partial charge in [-0.1, -0.05) is 0 Å². The quantitative estimate of drug-likeness (QED) is 0.142. The Bertz CT molecular complexity index is 1820. The van der Waals surface area contributed by atoms with Gasteiger partial charge in [-0.2, -0.15) is 0 Å². The molecule has 1 amide bonds. The largest absolute Gasteiger partial charge is 0.457 e. The van der Waals surface area contributed by atoms with E-state index < -0.39 is 33.2 Å². The molecule has 0 unspecified atom stereocenters. The lowest BCUT2D eigenvalue weighted by atomic mass is 10.2. The number of carbonyl (C=O) groups is 1. The van der Waals surface area contributed by atoms with Crippen LogP contribution >= 0.6 is 18.9 Å². The van der Waals surface area contributed by atoms with Crippen LogP contribution in [0.5, 0.6) is 23.0 Å². The first-order valence-corrected chi connectivity index (χ1v) is 19.8. The summed E-state index contributed by atoms with van der Waals surface area (Å²) in [7, 11) is -10.2. The van der Waals surface area contributed by atoms with E-state index >= 15 is 0 Å². The molecule has 1 heterocycles. The minimum Gasteiger partial charge on any atom is -0.457 e. The summed E-state index contributed by atoms with van der Waals surface area (Å²) in [6, 6.07) is 16.0. The second kappa shape index (κ2) is 14.2. The molecule has 0 fully saturated rings. The van der Waals surface area contributed by atoms with Gasteiger partial charge in [0.05, 0.1) is 34.9 Å². The highest BCUT2D eigenvalue weighted by Gasteiger charge is 2.26. The first-order chi connectivity index (χ1) is 21.2. The van der Waals surface area contributed by atoms with Gasteiger partial charge in [-0.3, -0.25) is 14.7 Å². The molecular weight excluding hydrogens is 663 g/mol. The maximum atomic E-state index is 13.3. The van der Waals surface area contributed by atoms with Crippen molar-refractivity contribution in [1.82, 2.24) is 4.98 Å². The van der Waals surface area contributed by atoms with Crippen LogP contribution in [0.3, 0.4) is 0 Å². The highest BCUT2D eigenvalue weighted by molar-refractivity contribution is 7.91. The number of anilines is 1. The van der Waals surface area contributed by atoms with Crippen molar-refractivity contribution in [3.8, 4) is 23.0 Å². The fraction of sp³-hybridized carbons (Fsp3) is 0.241. The lowest BCUT2D eigenvalue weighted by Gasteiger charge is -2.15. The number of nitrogens with one attached hydrogen (secondary N) is 1. The number of hydrogen-bond acceptors (Lipinski definition) is 12. The molecular formula is C29H31N2O10PS3. The van der Waals surface area contributed by atoms with E-state index in [9.17, 15) is 26.2 Å². The number of carbonyl (C=O) groups excluding carboxylic acids is 1. The highest BCUT2D eigenvalue weighted by atomic mass is 32.2. The summed E-state index contributed by atoms with van der Waals surface area (Å²) in [4.78, 5) is 17.9. The van der Waals surface area contributed by atoms with Gasteiger partial charge < -0.3 is 18.5 Å². The molecule has 1 N–H and O–H groups in total. The van der Waals surface area contributed by atoms with Gasteiger partial charge in [-0.05, 0) is 74.5 Å². The first kappa shape index (κ1) is 34.3. The number of thiazole rings is 1. The third-order valence-corrected chi connectivity index (χ3v) is 11.0. The Hall–Kier alpha value is -3.59. The second-order valence-corrected chi connectivity index (χ2v) is 16.5. The van der Waals surface area contributed by atoms with Crippen LogP contribution in [0.4, 0.5) is 5.13 Å². The Labute approximate surface area is 265 Å². The fourth-order valence-corrected chi connectivity index (χ4v) is 7.62. The lowest BCUT2D eigenvalue weighted by Crippen LogP contribution is -2.12. The minimum absolute atomic E-state index is 0.0569. The Kier molecular flexibility index (Phi) is 10.8. The van der Waals surface area contributed by atoms with Crippen LogP contribution in [0.1, 0.15) is 29.9 Å². The molecule has 0 aliphatic heterocycles. The Balaban J connectivity index is 1.60. The molecule has 12 nitrogen and oxygen atoms in total. The van der Waals surface area contributed by atoms with E-state index in [-0.39, 0.29) is 51.4 Å². The van der Waals surface area contributed by atoms with Gasteiger partial charge in [0.2, 0.25) is 0 Å². The van der Waals surface area contributed by atoms with Gasteiger partial charge in [0, 0.05) is 29.5 Å². The molecule has 0 bridgehead atoms. The standard InChI is InChI=1S/C29H31N2O10PS3/c1-5-38-42(33,39-6-2)18-21-19-43-29(30-21)31-28(32)20-15-24(40-22-7-11-26(12-8-22)44(3,34)35)17-25(16-20)41-23-9-13-27(14-10-23)45(4,36)37/h7-17,19H,5-6,18H2,1-4H3,(H,30,31,32). The monoisotopic (exact) mass is 694 g/mol.